The molecule has 0 radical (unpaired) electrons. The number of rotatable bonds is 6. The van der Waals surface area contributed by atoms with E-state index < -0.39 is 5.95 Å². The van der Waals surface area contributed by atoms with Crippen LogP contribution in [-0.2, 0) is 6.54 Å². The van der Waals surface area contributed by atoms with Crippen molar-refractivity contribution < 1.29 is 18.6 Å². The molecule has 2 aromatic rings. The zero-order chi connectivity index (χ0) is 15.2. The van der Waals surface area contributed by atoms with E-state index in [0.717, 1.165) is 5.56 Å². The van der Waals surface area contributed by atoms with Gasteiger partial charge in [0.2, 0.25) is 11.7 Å². The molecule has 0 fully saturated rings. The highest BCUT2D eigenvalue weighted by Gasteiger charge is 2.13. The topological polar surface area (TPSA) is 52.6 Å². The Morgan fingerprint density at radius 3 is 2.24 bits per heavy atom. The second kappa shape index (κ2) is 6.78. The molecule has 0 aliphatic rings. The Kier molecular flexibility index (Phi) is 4.81. The Morgan fingerprint density at radius 1 is 1.05 bits per heavy atom. The third kappa shape index (κ3) is 3.53. The van der Waals surface area contributed by atoms with Gasteiger partial charge < -0.3 is 19.5 Å². The van der Waals surface area contributed by atoms with Gasteiger partial charge in [-0.2, -0.15) is 4.39 Å². The predicted octanol–water partition coefficient (Wildman–Crippen LogP) is 2.86. The normalized spacial score (nSPS) is 10.1. The molecule has 1 N–H and O–H groups in total. The molecule has 0 spiro atoms. The number of anilines is 1. The summed E-state index contributed by atoms with van der Waals surface area (Å²) in [5.41, 5.74) is 1.57. The van der Waals surface area contributed by atoms with Crippen LogP contribution in [0.5, 0.6) is 17.2 Å². The summed E-state index contributed by atoms with van der Waals surface area (Å²) in [5.74, 6) is 1.17. The van der Waals surface area contributed by atoms with Gasteiger partial charge >= 0.3 is 0 Å². The van der Waals surface area contributed by atoms with Crippen LogP contribution in [0.3, 0.4) is 0 Å². The maximum Gasteiger partial charge on any atom is 0.214 e. The molecule has 21 heavy (non-hydrogen) atoms. The fourth-order valence-corrected chi connectivity index (χ4v) is 1.95. The van der Waals surface area contributed by atoms with E-state index in [1.165, 1.54) is 12.3 Å². The molecule has 1 heterocycles. The van der Waals surface area contributed by atoms with Crippen LogP contribution in [0.2, 0.25) is 0 Å². The lowest BCUT2D eigenvalue weighted by atomic mass is 10.1. The van der Waals surface area contributed by atoms with Crippen molar-refractivity contribution in [2.24, 2.45) is 0 Å². The lowest BCUT2D eigenvalue weighted by Gasteiger charge is -2.14. The molecule has 0 amide bonds. The van der Waals surface area contributed by atoms with Crippen LogP contribution < -0.4 is 19.5 Å². The van der Waals surface area contributed by atoms with Crippen molar-refractivity contribution in [2.75, 3.05) is 26.6 Å². The number of pyridine rings is 1. The molecule has 0 unspecified atom stereocenters. The van der Waals surface area contributed by atoms with Crippen LogP contribution in [0.15, 0.2) is 30.5 Å². The molecule has 112 valence electrons. The molecule has 5 nitrogen and oxygen atoms in total. The van der Waals surface area contributed by atoms with E-state index in [4.69, 9.17) is 14.2 Å². The van der Waals surface area contributed by atoms with Gasteiger partial charge in [-0.15, -0.1) is 0 Å². The van der Waals surface area contributed by atoms with Gasteiger partial charge in [-0.25, -0.2) is 4.98 Å². The number of methoxy groups -OCH3 is 3. The molecule has 0 aliphatic carbocycles. The molecule has 1 aromatic heterocycles. The number of halogens is 1. The first-order valence-corrected chi connectivity index (χ1v) is 6.32. The maximum atomic E-state index is 13.0. The largest absolute Gasteiger partial charge is 0.493 e. The Labute approximate surface area is 122 Å². The average molecular weight is 292 g/mol. The summed E-state index contributed by atoms with van der Waals surface area (Å²) in [7, 11) is 4.68. The van der Waals surface area contributed by atoms with Gasteiger partial charge in [-0.3, -0.25) is 0 Å². The Morgan fingerprint density at radius 2 is 1.71 bits per heavy atom. The number of hydrogen-bond donors (Lipinski definition) is 1. The van der Waals surface area contributed by atoms with Gasteiger partial charge in [0.15, 0.2) is 11.5 Å². The molecule has 0 bridgehead atoms. The third-order valence-corrected chi connectivity index (χ3v) is 2.95. The first-order valence-electron chi connectivity index (χ1n) is 6.32. The van der Waals surface area contributed by atoms with E-state index in [1.807, 2.05) is 12.1 Å². The lowest BCUT2D eigenvalue weighted by Crippen LogP contribution is -2.02. The summed E-state index contributed by atoms with van der Waals surface area (Å²) in [6.07, 6.45) is 1.41. The van der Waals surface area contributed by atoms with Crippen molar-refractivity contribution in [3.8, 4) is 17.2 Å². The van der Waals surface area contributed by atoms with Crippen molar-refractivity contribution >= 4 is 5.69 Å². The molecular weight excluding hydrogens is 275 g/mol. The van der Waals surface area contributed by atoms with Gasteiger partial charge in [0, 0.05) is 24.5 Å². The fraction of sp³-hybridized carbons (Fsp3) is 0.267. The van der Waals surface area contributed by atoms with Gasteiger partial charge in [0.1, 0.15) is 0 Å². The average Bonchev–Trinajstić information content (AvgIpc) is 2.51. The molecular formula is C15H17FN2O3. The Bertz CT molecular complexity index is 595. The summed E-state index contributed by atoms with van der Waals surface area (Å²) in [4.78, 5) is 3.51. The molecule has 0 atom stereocenters. The van der Waals surface area contributed by atoms with Crippen LogP contribution >= 0.6 is 0 Å². The van der Waals surface area contributed by atoms with Gasteiger partial charge in [0.25, 0.3) is 0 Å². The first kappa shape index (κ1) is 14.9. The highest BCUT2D eigenvalue weighted by molar-refractivity contribution is 5.54. The Hall–Kier alpha value is -2.50. The maximum absolute atomic E-state index is 13.0. The first-order chi connectivity index (χ1) is 10.2. The van der Waals surface area contributed by atoms with E-state index >= 15 is 0 Å². The molecule has 0 saturated heterocycles. The fourth-order valence-electron chi connectivity index (χ4n) is 1.95. The molecule has 0 aliphatic heterocycles. The van der Waals surface area contributed by atoms with Crippen LogP contribution in [0, 0.1) is 5.95 Å². The lowest BCUT2D eigenvalue weighted by molar-refractivity contribution is 0.324. The number of aromatic nitrogens is 1. The van der Waals surface area contributed by atoms with E-state index in [-0.39, 0.29) is 0 Å². The number of ether oxygens (including phenoxy) is 3. The minimum atomic E-state index is -0.523. The van der Waals surface area contributed by atoms with Crippen LogP contribution in [0.1, 0.15) is 5.56 Å². The molecule has 2 rings (SSSR count). The SMILES string of the molecule is COc1cc(CNc2ccnc(F)c2)cc(OC)c1OC. The summed E-state index contributed by atoms with van der Waals surface area (Å²) in [6, 6.07) is 6.71. The highest BCUT2D eigenvalue weighted by Crippen LogP contribution is 2.38. The van der Waals surface area contributed by atoms with E-state index in [9.17, 15) is 4.39 Å². The summed E-state index contributed by atoms with van der Waals surface area (Å²) >= 11 is 0. The van der Waals surface area contributed by atoms with Crippen molar-refractivity contribution in [3.63, 3.8) is 0 Å². The Balaban J connectivity index is 2.20. The van der Waals surface area contributed by atoms with Gasteiger partial charge in [-0.05, 0) is 23.8 Å². The number of benzene rings is 1. The van der Waals surface area contributed by atoms with E-state index in [2.05, 4.69) is 10.3 Å². The van der Waals surface area contributed by atoms with Crippen molar-refractivity contribution in [3.05, 3.63) is 42.0 Å². The number of nitrogens with zero attached hydrogens (tertiary/aromatic N) is 1. The second-order valence-electron chi connectivity index (χ2n) is 4.25. The zero-order valence-corrected chi connectivity index (χ0v) is 12.1. The molecule has 0 saturated carbocycles. The van der Waals surface area contributed by atoms with Crippen LogP contribution in [0.4, 0.5) is 10.1 Å². The van der Waals surface area contributed by atoms with Gasteiger partial charge in [0.05, 0.1) is 21.3 Å². The third-order valence-electron chi connectivity index (χ3n) is 2.95. The smallest absolute Gasteiger partial charge is 0.214 e. The monoisotopic (exact) mass is 292 g/mol. The van der Waals surface area contributed by atoms with Gasteiger partial charge in [-0.1, -0.05) is 0 Å². The van der Waals surface area contributed by atoms with Crippen molar-refractivity contribution in [2.45, 2.75) is 6.54 Å². The number of hydrogen-bond acceptors (Lipinski definition) is 5. The summed E-state index contributed by atoms with van der Waals surface area (Å²) in [5, 5.41) is 3.11. The minimum absolute atomic E-state index is 0.486. The minimum Gasteiger partial charge on any atom is -0.493 e. The molecule has 6 heteroatoms. The number of nitrogens with one attached hydrogen (secondary N) is 1. The quantitative estimate of drug-likeness (QED) is 0.830. The van der Waals surface area contributed by atoms with E-state index in [1.54, 1.807) is 27.4 Å². The van der Waals surface area contributed by atoms with Crippen molar-refractivity contribution in [1.29, 1.82) is 0 Å². The predicted molar refractivity (Wildman–Crippen MR) is 77.6 cm³/mol. The highest BCUT2D eigenvalue weighted by atomic mass is 19.1. The zero-order valence-electron chi connectivity index (χ0n) is 12.1. The van der Waals surface area contributed by atoms with Crippen LogP contribution in [0.25, 0.3) is 0 Å². The van der Waals surface area contributed by atoms with Crippen molar-refractivity contribution in [1.82, 2.24) is 4.98 Å². The van der Waals surface area contributed by atoms with E-state index in [0.29, 0.717) is 29.5 Å². The standard InChI is InChI=1S/C15H17FN2O3/c1-19-12-6-10(7-13(20-2)15(12)21-3)9-18-11-4-5-17-14(16)8-11/h4-8H,9H2,1-3H3,(H,17,18). The second-order valence-corrected chi connectivity index (χ2v) is 4.25. The molecule has 1 aromatic carbocycles. The summed E-state index contributed by atoms with van der Waals surface area (Å²) in [6.45, 7) is 0.486. The van der Waals surface area contributed by atoms with Crippen LogP contribution in [-0.4, -0.2) is 26.3 Å². The summed E-state index contributed by atoms with van der Waals surface area (Å²) < 4.78 is 28.9.